The molecule has 4 N–H and O–H groups in total. The Morgan fingerprint density at radius 3 is 2.32 bits per heavy atom. The van der Waals surface area contributed by atoms with Crippen LogP contribution in [0, 0.1) is 0 Å². The van der Waals surface area contributed by atoms with Crippen LogP contribution in [0.15, 0.2) is 18.2 Å². The van der Waals surface area contributed by atoms with E-state index in [1.165, 1.54) is 12.1 Å². The smallest absolute Gasteiger partial charge is 0.251 e. The normalized spacial score (nSPS) is 11.1. The molecule has 0 atom stereocenters. The molecule has 0 aliphatic carbocycles. The van der Waals surface area contributed by atoms with E-state index in [0.717, 1.165) is 12.8 Å². The average molecular weight is 346 g/mol. The Bertz CT molecular complexity index is 546. The maximum absolute atomic E-state index is 11.9. The van der Waals surface area contributed by atoms with Gasteiger partial charge in [-0.1, -0.05) is 37.0 Å². The third kappa shape index (κ3) is 5.48. The first kappa shape index (κ1) is 18.7. The van der Waals surface area contributed by atoms with Crippen LogP contribution in [0.5, 0.6) is 0 Å². The molecule has 0 saturated carbocycles. The molecular formula is C15H21Cl2N3O2. The van der Waals surface area contributed by atoms with E-state index in [-0.39, 0.29) is 17.5 Å². The number of hydrogen-bond donors (Lipinski definition) is 3. The maximum atomic E-state index is 11.9. The van der Waals surface area contributed by atoms with Gasteiger partial charge in [0.25, 0.3) is 5.91 Å². The quantitative estimate of drug-likeness (QED) is 0.709. The molecule has 122 valence electrons. The SMILES string of the molecule is CCC(N)(CC)CNC(=O)CNC(=O)c1ccc(Cl)c(Cl)c1. The van der Waals surface area contributed by atoms with Crippen LogP contribution in [0.1, 0.15) is 37.0 Å². The van der Waals surface area contributed by atoms with Gasteiger partial charge >= 0.3 is 0 Å². The molecule has 7 heteroatoms. The van der Waals surface area contributed by atoms with Crippen molar-refractivity contribution in [1.82, 2.24) is 10.6 Å². The summed E-state index contributed by atoms with van der Waals surface area (Å²) in [6.07, 6.45) is 1.53. The van der Waals surface area contributed by atoms with E-state index < -0.39 is 11.4 Å². The zero-order chi connectivity index (χ0) is 16.8. The second-order valence-corrected chi connectivity index (χ2v) is 5.97. The number of carbonyl (C=O) groups excluding carboxylic acids is 2. The van der Waals surface area contributed by atoms with E-state index in [1.807, 2.05) is 13.8 Å². The average Bonchev–Trinajstić information content (AvgIpc) is 2.52. The topological polar surface area (TPSA) is 84.2 Å². The fraction of sp³-hybridized carbons (Fsp3) is 0.467. The lowest BCUT2D eigenvalue weighted by atomic mass is 9.94. The molecule has 0 unspecified atom stereocenters. The summed E-state index contributed by atoms with van der Waals surface area (Å²) < 4.78 is 0. The Morgan fingerprint density at radius 2 is 1.77 bits per heavy atom. The Labute approximate surface area is 140 Å². The summed E-state index contributed by atoms with van der Waals surface area (Å²) in [6.45, 7) is 4.20. The Balaban J connectivity index is 2.46. The van der Waals surface area contributed by atoms with Crippen LogP contribution in [-0.2, 0) is 4.79 Å². The second kappa shape index (κ2) is 8.36. The molecule has 1 aromatic rings. The van der Waals surface area contributed by atoms with Crippen molar-refractivity contribution in [1.29, 1.82) is 0 Å². The van der Waals surface area contributed by atoms with Crippen molar-refractivity contribution in [2.24, 2.45) is 5.73 Å². The Morgan fingerprint density at radius 1 is 1.14 bits per heavy atom. The molecule has 5 nitrogen and oxygen atoms in total. The lowest BCUT2D eigenvalue weighted by molar-refractivity contribution is -0.120. The Kier molecular flexibility index (Phi) is 7.13. The van der Waals surface area contributed by atoms with Gasteiger partial charge in [0.1, 0.15) is 0 Å². The zero-order valence-electron chi connectivity index (χ0n) is 12.7. The summed E-state index contributed by atoms with van der Waals surface area (Å²) in [7, 11) is 0. The van der Waals surface area contributed by atoms with Crippen LogP contribution < -0.4 is 16.4 Å². The highest BCUT2D eigenvalue weighted by atomic mass is 35.5. The number of hydrogen-bond acceptors (Lipinski definition) is 3. The second-order valence-electron chi connectivity index (χ2n) is 5.16. The predicted octanol–water partition coefficient (Wildman–Crippen LogP) is 2.36. The number of carbonyl (C=O) groups is 2. The van der Waals surface area contributed by atoms with Crippen LogP contribution in [0.4, 0.5) is 0 Å². The fourth-order valence-electron chi connectivity index (χ4n) is 1.74. The Hall–Kier alpha value is -1.30. The maximum Gasteiger partial charge on any atom is 0.251 e. The largest absolute Gasteiger partial charge is 0.353 e. The third-order valence-electron chi connectivity index (χ3n) is 3.64. The molecular weight excluding hydrogens is 325 g/mol. The summed E-state index contributed by atoms with van der Waals surface area (Å²) >= 11 is 11.6. The minimum Gasteiger partial charge on any atom is -0.353 e. The highest BCUT2D eigenvalue weighted by molar-refractivity contribution is 6.42. The minimum absolute atomic E-state index is 0.122. The first-order chi connectivity index (χ1) is 10.3. The minimum atomic E-state index is -0.413. The van der Waals surface area contributed by atoms with Crippen LogP contribution in [0.3, 0.4) is 0 Å². The lowest BCUT2D eigenvalue weighted by Gasteiger charge is -2.26. The molecule has 0 heterocycles. The van der Waals surface area contributed by atoms with Gasteiger partial charge < -0.3 is 16.4 Å². The molecule has 0 aromatic heterocycles. The number of halogens is 2. The third-order valence-corrected chi connectivity index (χ3v) is 4.38. The zero-order valence-corrected chi connectivity index (χ0v) is 14.2. The van der Waals surface area contributed by atoms with E-state index in [1.54, 1.807) is 6.07 Å². The highest BCUT2D eigenvalue weighted by Crippen LogP contribution is 2.22. The van der Waals surface area contributed by atoms with Gasteiger partial charge in [-0.3, -0.25) is 9.59 Å². The molecule has 22 heavy (non-hydrogen) atoms. The summed E-state index contributed by atoms with van der Waals surface area (Å²) in [4.78, 5) is 23.7. The van der Waals surface area contributed by atoms with Crippen molar-refractivity contribution in [3.63, 3.8) is 0 Å². The molecule has 0 aliphatic heterocycles. The van der Waals surface area contributed by atoms with Crippen molar-refractivity contribution in [3.8, 4) is 0 Å². The van der Waals surface area contributed by atoms with Gasteiger partial charge in [-0.05, 0) is 31.0 Å². The van der Waals surface area contributed by atoms with Gasteiger partial charge in [0, 0.05) is 17.6 Å². The van der Waals surface area contributed by atoms with E-state index in [9.17, 15) is 9.59 Å². The molecule has 2 amide bonds. The van der Waals surface area contributed by atoms with Crippen LogP contribution >= 0.6 is 23.2 Å². The number of benzene rings is 1. The van der Waals surface area contributed by atoms with Crippen LogP contribution in [0.25, 0.3) is 0 Å². The van der Waals surface area contributed by atoms with E-state index in [4.69, 9.17) is 28.9 Å². The molecule has 1 aromatic carbocycles. The highest BCUT2D eigenvalue weighted by Gasteiger charge is 2.20. The van der Waals surface area contributed by atoms with Crippen molar-refractivity contribution < 1.29 is 9.59 Å². The summed E-state index contributed by atoms with van der Waals surface area (Å²) in [5.74, 6) is -0.677. The van der Waals surface area contributed by atoms with E-state index in [2.05, 4.69) is 10.6 Å². The van der Waals surface area contributed by atoms with E-state index in [0.29, 0.717) is 17.1 Å². The first-order valence-electron chi connectivity index (χ1n) is 7.10. The predicted molar refractivity (Wildman–Crippen MR) is 89.3 cm³/mol. The van der Waals surface area contributed by atoms with Crippen molar-refractivity contribution in [2.75, 3.05) is 13.1 Å². The van der Waals surface area contributed by atoms with E-state index >= 15 is 0 Å². The lowest BCUT2D eigenvalue weighted by Crippen LogP contribution is -2.50. The number of nitrogens with two attached hydrogens (primary N) is 1. The van der Waals surface area contributed by atoms with Gasteiger partial charge in [0.05, 0.1) is 16.6 Å². The molecule has 0 spiro atoms. The first-order valence-corrected chi connectivity index (χ1v) is 7.85. The standard InChI is InChI=1S/C15H21Cl2N3O2/c1-3-15(18,4-2)9-20-13(21)8-19-14(22)10-5-6-11(16)12(17)7-10/h5-7H,3-4,8-9,18H2,1-2H3,(H,19,22)(H,20,21). The molecule has 0 fully saturated rings. The monoisotopic (exact) mass is 345 g/mol. The fourth-order valence-corrected chi connectivity index (χ4v) is 2.04. The summed E-state index contributed by atoms with van der Waals surface area (Å²) in [5, 5.41) is 5.91. The van der Waals surface area contributed by atoms with Gasteiger partial charge in [-0.2, -0.15) is 0 Å². The van der Waals surface area contributed by atoms with Gasteiger partial charge in [0.15, 0.2) is 0 Å². The number of nitrogens with one attached hydrogen (secondary N) is 2. The molecule has 0 aliphatic rings. The van der Waals surface area contributed by atoms with Crippen LogP contribution in [-0.4, -0.2) is 30.4 Å². The molecule has 0 bridgehead atoms. The van der Waals surface area contributed by atoms with Gasteiger partial charge in [-0.15, -0.1) is 0 Å². The molecule has 0 saturated heterocycles. The molecule has 0 radical (unpaired) electrons. The number of amides is 2. The van der Waals surface area contributed by atoms with Crippen molar-refractivity contribution in [3.05, 3.63) is 33.8 Å². The van der Waals surface area contributed by atoms with Gasteiger partial charge in [0.2, 0.25) is 5.91 Å². The van der Waals surface area contributed by atoms with Crippen molar-refractivity contribution >= 4 is 35.0 Å². The molecule has 1 rings (SSSR count). The summed E-state index contributed by atoms with van der Waals surface area (Å²) in [6, 6.07) is 4.53. The van der Waals surface area contributed by atoms with Crippen LogP contribution in [0.2, 0.25) is 10.0 Å². The number of rotatable bonds is 7. The van der Waals surface area contributed by atoms with Crippen molar-refractivity contribution in [2.45, 2.75) is 32.2 Å². The van der Waals surface area contributed by atoms with Gasteiger partial charge in [-0.25, -0.2) is 0 Å². The summed E-state index contributed by atoms with van der Waals surface area (Å²) in [5.41, 5.74) is 6.03.